The van der Waals surface area contributed by atoms with E-state index < -0.39 is 0 Å². The standard InChI is InChI=1S/C6H12OSi/c1-2-8-7-6-4-3-5-6/h2,6H,1,3-5,8H2. The van der Waals surface area contributed by atoms with Gasteiger partial charge in [-0.05, 0) is 19.3 Å². The molecular weight excluding hydrogens is 116 g/mol. The van der Waals surface area contributed by atoms with Crippen LogP contribution in [0.1, 0.15) is 19.3 Å². The van der Waals surface area contributed by atoms with Crippen LogP contribution < -0.4 is 0 Å². The monoisotopic (exact) mass is 128 g/mol. The number of hydrogen-bond acceptors (Lipinski definition) is 1. The normalized spacial score (nSPS) is 21.5. The van der Waals surface area contributed by atoms with Crippen molar-refractivity contribution in [2.24, 2.45) is 0 Å². The predicted octanol–water partition coefficient (Wildman–Crippen LogP) is 0.783. The highest BCUT2D eigenvalue weighted by Crippen LogP contribution is 2.20. The van der Waals surface area contributed by atoms with Crippen LogP contribution in [0.5, 0.6) is 0 Å². The molecule has 0 spiro atoms. The first-order valence-electron chi connectivity index (χ1n) is 3.16. The summed E-state index contributed by atoms with van der Waals surface area (Å²) in [7, 11) is -0.322. The molecule has 0 amide bonds. The van der Waals surface area contributed by atoms with Crippen molar-refractivity contribution in [3.8, 4) is 0 Å². The second-order valence-electron chi connectivity index (χ2n) is 2.17. The largest absolute Gasteiger partial charge is 0.416 e. The molecule has 0 bridgehead atoms. The molecule has 0 N–H and O–H groups in total. The molecule has 0 heterocycles. The van der Waals surface area contributed by atoms with Crippen molar-refractivity contribution in [3.63, 3.8) is 0 Å². The van der Waals surface area contributed by atoms with Gasteiger partial charge in [-0.3, -0.25) is 0 Å². The second kappa shape index (κ2) is 3.05. The molecule has 0 radical (unpaired) electrons. The Labute approximate surface area is 52.7 Å². The van der Waals surface area contributed by atoms with Crippen molar-refractivity contribution in [1.29, 1.82) is 0 Å². The van der Waals surface area contributed by atoms with Crippen LogP contribution in [-0.2, 0) is 4.43 Å². The van der Waals surface area contributed by atoms with Gasteiger partial charge >= 0.3 is 0 Å². The minimum Gasteiger partial charge on any atom is -0.416 e. The quantitative estimate of drug-likeness (QED) is 0.510. The zero-order valence-corrected chi connectivity index (χ0v) is 6.51. The van der Waals surface area contributed by atoms with Gasteiger partial charge in [0, 0.05) is 6.10 Å². The Balaban J connectivity index is 1.93. The van der Waals surface area contributed by atoms with Gasteiger partial charge in [-0.2, -0.15) is 0 Å². The summed E-state index contributed by atoms with van der Waals surface area (Å²) in [6.07, 6.45) is 4.58. The molecule has 1 saturated carbocycles. The average molecular weight is 128 g/mol. The summed E-state index contributed by atoms with van der Waals surface area (Å²) < 4.78 is 5.45. The maximum Gasteiger partial charge on any atom is 0.184 e. The van der Waals surface area contributed by atoms with E-state index >= 15 is 0 Å². The summed E-state index contributed by atoms with van der Waals surface area (Å²) in [5.41, 5.74) is 1.94. The van der Waals surface area contributed by atoms with E-state index in [4.69, 9.17) is 4.43 Å². The highest BCUT2D eigenvalue weighted by Gasteiger charge is 2.15. The number of rotatable bonds is 3. The van der Waals surface area contributed by atoms with Crippen LogP contribution in [0, 0.1) is 0 Å². The Morgan fingerprint density at radius 3 is 2.75 bits per heavy atom. The van der Waals surface area contributed by atoms with Crippen molar-refractivity contribution in [2.45, 2.75) is 25.4 Å². The second-order valence-corrected chi connectivity index (χ2v) is 3.42. The molecular formula is C6H12OSi. The van der Waals surface area contributed by atoms with Crippen molar-refractivity contribution in [2.75, 3.05) is 0 Å². The fourth-order valence-corrected chi connectivity index (χ4v) is 1.48. The van der Waals surface area contributed by atoms with Crippen molar-refractivity contribution in [3.05, 3.63) is 12.3 Å². The highest BCUT2D eigenvalue weighted by atomic mass is 28.2. The third-order valence-electron chi connectivity index (χ3n) is 1.50. The average Bonchev–Trinajstić information content (AvgIpc) is 1.63. The van der Waals surface area contributed by atoms with E-state index in [9.17, 15) is 0 Å². The highest BCUT2D eigenvalue weighted by molar-refractivity contribution is 6.34. The zero-order valence-electron chi connectivity index (χ0n) is 5.10. The molecule has 1 nitrogen and oxygen atoms in total. The summed E-state index contributed by atoms with van der Waals surface area (Å²) >= 11 is 0. The van der Waals surface area contributed by atoms with Crippen LogP contribution in [0.25, 0.3) is 0 Å². The van der Waals surface area contributed by atoms with Gasteiger partial charge in [-0.1, -0.05) is 5.70 Å². The van der Waals surface area contributed by atoms with Gasteiger partial charge in [0.2, 0.25) is 0 Å². The van der Waals surface area contributed by atoms with Crippen LogP contribution in [0.3, 0.4) is 0 Å². The predicted molar refractivity (Wildman–Crippen MR) is 37.5 cm³/mol. The van der Waals surface area contributed by atoms with Gasteiger partial charge in [0.05, 0.1) is 0 Å². The Morgan fingerprint density at radius 1 is 1.62 bits per heavy atom. The lowest BCUT2D eigenvalue weighted by atomic mass is 9.97. The first kappa shape index (κ1) is 6.04. The molecule has 46 valence electrons. The minimum absolute atomic E-state index is 0.322. The summed E-state index contributed by atoms with van der Waals surface area (Å²) in [4.78, 5) is 0. The number of hydrogen-bond donors (Lipinski definition) is 0. The maximum atomic E-state index is 5.45. The van der Waals surface area contributed by atoms with Crippen molar-refractivity contribution < 1.29 is 4.43 Å². The molecule has 0 aliphatic heterocycles. The first-order chi connectivity index (χ1) is 3.93. The van der Waals surface area contributed by atoms with Crippen LogP contribution in [0.2, 0.25) is 0 Å². The van der Waals surface area contributed by atoms with E-state index in [0.717, 1.165) is 0 Å². The molecule has 1 aliphatic rings. The van der Waals surface area contributed by atoms with Gasteiger partial charge in [0.1, 0.15) is 0 Å². The Morgan fingerprint density at radius 2 is 2.38 bits per heavy atom. The third-order valence-corrected chi connectivity index (χ3v) is 2.40. The molecule has 0 saturated heterocycles. The van der Waals surface area contributed by atoms with E-state index in [1.54, 1.807) is 0 Å². The summed E-state index contributed by atoms with van der Waals surface area (Å²) in [5.74, 6) is 0. The van der Waals surface area contributed by atoms with Gasteiger partial charge in [-0.25, -0.2) is 0 Å². The van der Waals surface area contributed by atoms with Gasteiger partial charge in [-0.15, -0.1) is 6.58 Å². The lowest BCUT2D eigenvalue weighted by molar-refractivity contribution is 0.128. The van der Waals surface area contributed by atoms with E-state index in [1.165, 1.54) is 19.3 Å². The van der Waals surface area contributed by atoms with Gasteiger partial charge in [0.25, 0.3) is 0 Å². The molecule has 0 aromatic carbocycles. The molecule has 1 rings (SSSR count). The summed E-state index contributed by atoms with van der Waals surface area (Å²) in [6.45, 7) is 3.63. The fourth-order valence-electron chi connectivity index (χ4n) is 0.742. The molecule has 1 fully saturated rings. The van der Waals surface area contributed by atoms with Gasteiger partial charge < -0.3 is 4.43 Å². The van der Waals surface area contributed by atoms with Crippen LogP contribution in [0.15, 0.2) is 12.3 Å². The van der Waals surface area contributed by atoms with Crippen molar-refractivity contribution in [1.82, 2.24) is 0 Å². The van der Waals surface area contributed by atoms with E-state index in [0.29, 0.717) is 6.10 Å². The molecule has 0 atom stereocenters. The summed E-state index contributed by atoms with van der Waals surface area (Å²) in [6, 6.07) is 0. The zero-order chi connectivity index (χ0) is 5.82. The molecule has 0 unspecified atom stereocenters. The third kappa shape index (κ3) is 1.45. The topological polar surface area (TPSA) is 9.23 Å². The SMILES string of the molecule is C=C[SiH2]OC1CCC1. The van der Waals surface area contributed by atoms with Crippen LogP contribution in [0.4, 0.5) is 0 Å². The molecule has 2 heteroatoms. The molecule has 8 heavy (non-hydrogen) atoms. The Hall–Kier alpha value is -0.0831. The van der Waals surface area contributed by atoms with Crippen LogP contribution >= 0.6 is 0 Å². The lowest BCUT2D eigenvalue weighted by Gasteiger charge is -2.25. The maximum absolute atomic E-state index is 5.45. The minimum atomic E-state index is -0.322. The van der Waals surface area contributed by atoms with E-state index in [-0.39, 0.29) is 9.76 Å². The molecule has 0 aromatic heterocycles. The Bertz CT molecular complexity index is 78.6. The molecule has 0 aromatic rings. The molecule has 1 aliphatic carbocycles. The fraction of sp³-hybridized carbons (Fsp3) is 0.667. The van der Waals surface area contributed by atoms with Crippen LogP contribution in [-0.4, -0.2) is 15.9 Å². The van der Waals surface area contributed by atoms with Gasteiger partial charge in [0.15, 0.2) is 9.76 Å². The first-order valence-corrected chi connectivity index (χ1v) is 4.55. The van der Waals surface area contributed by atoms with E-state index in [1.807, 2.05) is 5.70 Å². The summed E-state index contributed by atoms with van der Waals surface area (Å²) in [5, 5.41) is 0. The lowest BCUT2D eigenvalue weighted by Crippen LogP contribution is -2.22. The smallest absolute Gasteiger partial charge is 0.184 e. The Kier molecular flexibility index (Phi) is 2.30. The van der Waals surface area contributed by atoms with E-state index in [2.05, 4.69) is 6.58 Å². The van der Waals surface area contributed by atoms with Crippen molar-refractivity contribution >= 4 is 9.76 Å².